The molecule has 7 aromatic rings. The number of aromatic nitrogens is 1. The Kier molecular flexibility index (Phi) is 10.8. The largest absolute Gasteiger partial charge is 0.497 e. The quantitative estimate of drug-likeness (QED) is 0.0810. The lowest BCUT2D eigenvalue weighted by Crippen LogP contribution is -1.92. The Hall–Kier alpha value is -4.95. The molecule has 0 unspecified atom stereocenters. The molecule has 0 saturated heterocycles. The van der Waals surface area contributed by atoms with Crippen molar-refractivity contribution < 1.29 is 4.74 Å². The normalized spacial score (nSPS) is 11.5. The Labute approximate surface area is 298 Å². The molecule has 0 aliphatic carbocycles. The van der Waals surface area contributed by atoms with E-state index in [0.29, 0.717) is 0 Å². The molecular weight excluding hydrogens is 607 g/mol. The lowest BCUT2D eigenvalue weighted by molar-refractivity contribution is 0.415. The minimum atomic E-state index is 0.867. The number of methoxy groups -OCH3 is 1. The fraction of sp³-hybridized carbons (Fsp3) is 0.271. The number of rotatable bonds is 15. The van der Waals surface area contributed by atoms with Gasteiger partial charge in [0.15, 0.2) is 0 Å². The fourth-order valence-electron chi connectivity index (χ4n) is 7.63. The summed E-state index contributed by atoms with van der Waals surface area (Å²) in [6.07, 6.45) is 16.8. The molecule has 6 aromatic carbocycles. The number of hydrogen-bond acceptors (Lipinski definition) is 2. The maximum atomic E-state index is 5.46. The molecule has 0 saturated carbocycles. The van der Waals surface area contributed by atoms with Crippen LogP contribution < -0.4 is 4.74 Å². The van der Waals surface area contributed by atoms with Gasteiger partial charge in [0.05, 0.1) is 7.11 Å². The Bertz CT molecular complexity index is 2120. The first-order valence-corrected chi connectivity index (χ1v) is 18.8. The molecule has 50 heavy (non-hydrogen) atoms. The molecule has 0 aliphatic heterocycles. The summed E-state index contributed by atoms with van der Waals surface area (Å²) in [5.74, 6) is 0.867. The van der Waals surface area contributed by atoms with Gasteiger partial charge in [0.1, 0.15) is 5.75 Å². The van der Waals surface area contributed by atoms with Crippen molar-refractivity contribution >= 4 is 32.3 Å². The first kappa shape index (κ1) is 33.5. The molecular formula is C48H49NO. The van der Waals surface area contributed by atoms with Gasteiger partial charge < -0.3 is 4.74 Å². The van der Waals surface area contributed by atoms with Crippen molar-refractivity contribution in [3.63, 3.8) is 0 Å². The van der Waals surface area contributed by atoms with E-state index in [9.17, 15) is 0 Å². The standard InChI is InChI=1S/C48H49NO/c1-3-4-5-6-7-8-9-10-11-12-17-41-33-39-27-26-38(32-40(39)34-49-41)35-22-24-36(25-23-35)47-43-18-13-15-20-45(43)48(46-21-16-14-19-44(46)47)37-28-30-42(50-2)31-29-37/h13-16,18-34H,3-12,17H2,1-2H3. The van der Waals surface area contributed by atoms with E-state index in [2.05, 4.69) is 122 Å². The summed E-state index contributed by atoms with van der Waals surface area (Å²) in [5.41, 5.74) is 8.60. The minimum absolute atomic E-state index is 0.867. The second kappa shape index (κ2) is 16.2. The van der Waals surface area contributed by atoms with E-state index >= 15 is 0 Å². The lowest BCUT2D eigenvalue weighted by Gasteiger charge is -2.18. The summed E-state index contributed by atoms with van der Waals surface area (Å²) >= 11 is 0. The van der Waals surface area contributed by atoms with E-state index < -0.39 is 0 Å². The van der Waals surface area contributed by atoms with Crippen LogP contribution in [0.2, 0.25) is 0 Å². The number of hydrogen-bond donors (Lipinski definition) is 0. The zero-order valence-corrected chi connectivity index (χ0v) is 29.8. The molecule has 0 aliphatic rings. The van der Waals surface area contributed by atoms with Gasteiger partial charge in [-0.1, -0.05) is 162 Å². The van der Waals surface area contributed by atoms with Crippen LogP contribution in [-0.4, -0.2) is 12.1 Å². The zero-order chi connectivity index (χ0) is 34.1. The van der Waals surface area contributed by atoms with E-state index in [1.165, 1.54) is 136 Å². The van der Waals surface area contributed by atoms with Crippen LogP contribution in [0.15, 0.2) is 128 Å². The fourth-order valence-corrected chi connectivity index (χ4v) is 7.63. The van der Waals surface area contributed by atoms with E-state index in [0.717, 1.165) is 12.2 Å². The van der Waals surface area contributed by atoms with Crippen LogP contribution in [0, 0.1) is 0 Å². The second-order valence-electron chi connectivity index (χ2n) is 13.8. The number of fused-ring (bicyclic) bond motifs is 3. The molecule has 2 heteroatoms. The van der Waals surface area contributed by atoms with Gasteiger partial charge in [0.25, 0.3) is 0 Å². The molecule has 0 amide bonds. The van der Waals surface area contributed by atoms with Crippen molar-refractivity contribution in [2.24, 2.45) is 0 Å². The Morgan fingerprint density at radius 1 is 0.460 bits per heavy atom. The summed E-state index contributed by atoms with van der Waals surface area (Å²) < 4.78 is 5.46. The van der Waals surface area contributed by atoms with Crippen molar-refractivity contribution in [2.45, 2.75) is 77.6 Å². The average molecular weight is 656 g/mol. The molecule has 7 rings (SSSR count). The van der Waals surface area contributed by atoms with Gasteiger partial charge in [-0.2, -0.15) is 0 Å². The highest BCUT2D eigenvalue weighted by Crippen LogP contribution is 2.44. The molecule has 1 aromatic heterocycles. The Morgan fingerprint density at radius 2 is 0.940 bits per heavy atom. The summed E-state index contributed by atoms with van der Waals surface area (Å²) in [6, 6.07) is 44.3. The highest BCUT2D eigenvalue weighted by Gasteiger charge is 2.16. The van der Waals surface area contributed by atoms with E-state index in [1.807, 2.05) is 12.1 Å². The van der Waals surface area contributed by atoms with Gasteiger partial charge in [-0.05, 0) is 97.4 Å². The monoisotopic (exact) mass is 655 g/mol. The topological polar surface area (TPSA) is 22.1 Å². The first-order valence-electron chi connectivity index (χ1n) is 18.8. The maximum Gasteiger partial charge on any atom is 0.118 e. The van der Waals surface area contributed by atoms with Crippen LogP contribution in [0.1, 0.15) is 76.8 Å². The molecule has 0 fully saturated rings. The van der Waals surface area contributed by atoms with Crippen LogP contribution in [-0.2, 0) is 6.42 Å². The zero-order valence-electron chi connectivity index (χ0n) is 29.8. The average Bonchev–Trinajstić information content (AvgIpc) is 3.17. The smallest absolute Gasteiger partial charge is 0.118 e. The number of ether oxygens (including phenoxy) is 1. The van der Waals surface area contributed by atoms with Gasteiger partial charge >= 0.3 is 0 Å². The van der Waals surface area contributed by atoms with Gasteiger partial charge in [0, 0.05) is 17.3 Å². The van der Waals surface area contributed by atoms with Crippen LogP contribution in [0.5, 0.6) is 5.75 Å². The van der Waals surface area contributed by atoms with Crippen molar-refractivity contribution in [1.82, 2.24) is 4.98 Å². The first-order chi connectivity index (χ1) is 24.7. The minimum Gasteiger partial charge on any atom is -0.497 e. The summed E-state index contributed by atoms with van der Waals surface area (Å²) in [7, 11) is 1.71. The van der Waals surface area contributed by atoms with Crippen molar-refractivity contribution in [3.05, 3.63) is 133 Å². The van der Waals surface area contributed by atoms with E-state index in [-0.39, 0.29) is 0 Å². The van der Waals surface area contributed by atoms with Crippen LogP contribution in [0.3, 0.4) is 0 Å². The number of pyridine rings is 1. The van der Waals surface area contributed by atoms with Gasteiger partial charge in [-0.3, -0.25) is 4.98 Å². The summed E-state index contributed by atoms with van der Waals surface area (Å²) in [5, 5.41) is 7.50. The molecule has 0 radical (unpaired) electrons. The Balaban J connectivity index is 1.09. The number of nitrogens with zero attached hydrogens (tertiary/aromatic N) is 1. The van der Waals surface area contributed by atoms with Crippen LogP contribution >= 0.6 is 0 Å². The predicted octanol–water partition coefficient (Wildman–Crippen LogP) is 14.0. The molecule has 252 valence electrons. The molecule has 2 nitrogen and oxygen atoms in total. The number of unbranched alkanes of at least 4 members (excludes halogenated alkanes) is 9. The molecule has 1 heterocycles. The van der Waals surface area contributed by atoms with E-state index in [4.69, 9.17) is 9.72 Å². The highest BCUT2D eigenvalue weighted by molar-refractivity contribution is 6.21. The SMILES string of the molecule is CCCCCCCCCCCCc1cc2ccc(-c3ccc(-c4c5ccccc5c(-c5ccc(OC)cc5)c5ccccc45)cc3)cc2cn1. The van der Waals surface area contributed by atoms with Crippen LogP contribution in [0.4, 0.5) is 0 Å². The maximum absolute atomic E-state index is 5.46. The molecule has 0 bridgehead atoms. The van der Waals surface area contributed by atoms with Crippen molar-refractivity contribution in [3.8, 4) is 39.1 Å². The predicted molar refractivity (Wildman–Crippen MR) is 215 cm³/mol. The third kappa shape index (κ3) is 7.45. The molecule has 0 atom stereocenters. The highest BCUT2D eigenvalue weighted by atomic mass is 16.5. The lowest BCUT2D eigenvalue weighted by atomic mass is 9.85. The number of aryl methyl sites for hydroxylation is 1. The number of benzene rings is 6. The summed E-state index contributed by atoms with van der Waals surface area (Å²) in [6.45, 7) is 2.29. The Morgan fingerprint density at radius 3 is 1.48 bits per heavy atom. The molecule has 0 spiro atoms. The third-order valence-electron chi connectivity index (χ3n) is 10.4. The van der Waals surface area contributed by atoms with Gasteiger partial charge in [-0.15, -0.1) is 0 Å². The second-order valence-corrected chi connectivity index (χ2v) is 13.8. The van der Waals surface area contributed by atoms with Crippen molar-refractivity contribution in [1.29, 1.82) is 0 Å². The summed E-state index contributed by atoms with van der Waals surface area (Å²) in [4.78, 5) is 4.86. The van der Waals surface area contributed by atoms with E-state index in [1.54, 1.807) is 7.11 Å². The third-order valence-corrected chi connectivity index (χ3v) is 10.4. The van der Waals surface area contributed by atoms with Crippen LogP contribution in [0.25, 0.3) is 65.7 Å². The van der Waals surface area contributed by atoms with Gasteiger partial charge in [-0.25, -0.2) is 0 Å². The molecule has 0 N–H and O–H groups in total. The van der Waals surface area contributed by atoms with Gasteiger partial charge in [0.2, 0.25) is 0 Å². The van der Waals surface area contributed by atoms with Crippen molar-refractivity contribution in [2.75, 3.05) is 7.11 Å².